The summed E-state index contributed by atoms with van der Waals surface area (Å²) in [5, 5.41) is 6.38. The van der Waals surface area contributed by atoms with Crippen LogP contribution in [0, 0.1) is 0 Å². The van der Waals surface area contributed by atoms with Crippen molar-refractivity contribution < 1.29 is 22.2 Å². The van der Waals surface area contributed by atoms with Gasteiger partial charge in [0.25, 0.3) is 5.91 Å². The van der Waals surface area contributed by atoms with Crippen molar-refractivity contribution >= 4 is 32.4 Å². The van der Waals surface area contributed by atoms with Gasteiger partial charge >= 0.3 is 0 Å². The molecule has 0 aliphatic carbocycles. The molecule has 4 rings (SSSR count). The van der Waals surface area contributed by atoms with E-state index in [1.165, 1.54) is 28.0 Å². The third-order valence-corrected chi connectivity index (χ3v) is 7.60. The lowest BCUT2D eigenvalue weighted by Gasteiger charge is -2.26. The van der Waals surface area contributed by atoms with Gasteiger partial charge in [-0.2, -0.15) is 4.31 Å². The number of amides is 1. The molecule has 0 bridgehead atoms. The number of hydrogen-bond donors (Lipinski definition) is 1. The Balaban J connectivity index is 1.47. The van der Waals surface area contributed by atoms with E-state index in [0.29, 0.717) is 29.6 Å². The van der Waals surface area contributed by atoms with E-state index in [0.717, 1.165) is 10.6 Å². The number of fused-ring (bicyclic) bond motifs is 1. The summed E-state index contributed by atoms with van der Waals surface area (Å²) in [4.78, 5) is 17.7. The maximum atomic E-state index is 12.4. The van der Waals surface area contributed by atoms with Gasteiger partial charge in [0.2, 0.25) is 15.8 Å². The van der Waals surface area contributed by atoms with Crippen LogP contribution >= 0.6 is 11.3 Å². The number of carbonyl (C=O) groups is 1. The van der Waals surface area contributed by atoms with Gasteiger partial charge in [-0.3, -0.25) is 10.1 Å². The fourth-order valence-corrected chi connectivity index (χ4v) is 5.17. The highest BCUT2D eigenvalue weighted by Crippen LogP contribution is 2.30. The molecule has 3 aromatic heterocycles. The molecule has 0 radical (unpaired) electrons. The van der Waals surface area contributed by atoms with Crippen LogP contribution in [0.1, 0.15) is 34.9 Å². The Morgan fingerprint density at radius 2 is 2.18 bits per heavy atom. The van der Waals surface area contributed by atoms with Crippen molar-refractivity contribution in [2.45, 2.75) is 32.1 Å². The average molecular weight is 422 g/mol. The van der Waals surface area contributed by atoms with Gasteiger partial charge in [-0.1, -0.05) is 5.16 Å². The summed E-state index contributed by atoms with van der Waals surface area (Å²) in [5.41, 5.74) is 0.913. The maximum Gasteiger partial charge on any atom is 0.279 e. The van der Waals surface area contributed by atoms with Crippen molar-refractivity contribution in [1.29, 1.82) is 0 Å². The van der Waals surface area contributed by atoms with E-state index in [1.54, 1.807) is 26.0 Å². The zero-order chi connectivity index (χ0) is 19.9. The largest absolute Gasteiger partial charge is 0.461 e. The molecule has 11 heteroatoms. The second kappa shape index (κ2) is 7.15. The van der Waals surface area contributed by atoms with Crippen molar-refractivity contribution in [3.8, 4) is 11.5 Å². The first-order chi connectivity index (χ1) is 13.3. The SMILES string of the molecule is CC(C)S(=O)(=O)N1CCc2nc(NC(=O)c3cc(-c4ccco4)on3)sc2C1. The summed E-state index contributed by atoms with van der Waals surface area (Å²) in [6, 6.07) is 4.90. The lowest BCUT2D eigenvalue weighted by atomic mass is 10.2. The van der Waals surface area contributed by atoms with Crippen LogP contribution in [-0.4, -0.2) is 40.6 Å². The predicted octanol–water partition coefficient (Wildman–Crippen LogP) is 2.74. The molecular formula is C17H18N4O5S2. The van der Waals surface area contributed by atoms with Crippen molar-refractivity contribution in [1.82, 2.24) is 14.4 Å². The zero-order valence-corrected chi connectivity index (χ0v) is 16.8. The summed E-state index contributed by atoms with van der Waals surface area (Å²) in [7, 11) is -3.32. The predicted molar refractivity (Wildman–Crippen MR) is 102 cm³/mol. The molecule has 0 spiro atoms. The lowest BCUT2D eigenvalue weighted by molar-refractivity contribution is 0.101. The van der Waals surface area contributed by atoms with E-state index in [2.05, 4.69) is 15.5 Å². The number of aromatic nitrogens is 2. The number of rotatable bonds is 5. The Bertz CT molecular complexity index is 1100. The van der Waals surface area contributed by atoms with Crippen LogP contribution < -0.4 is 5.32 Å². The Morgan fingerprint density at radius 3 is 2.89 bits per heavy atom. The summed E-state index contributed by atoms with van der Waals surface area (Å²) in [6.45, 7) is 3.99. The number of furan rings is 1. The van der Waals surface area contributed by atoms with Crippen LogP contribution in [0.3, 0.4) is 0 Å². The van der Waals surface area contributed by atoms with Crippen LogP contribution in [0.4, 0.5) is 5.13 Å². The zero-order valence-electron chi connectivity index (χ0n) is 15.2. The minimum atomic E-state index is -3.32. The van der Waals surface area contributed by atoms with E-state index >= 15 is 0 Å². The van der Waals surface area contributed by atoms with Gasteiger partial charge in [0.15, 0.2) is 16.6 Å². The van der Waals surface area contributed by atoms with E-state index < -0.39 is 21.2 Å². The molecule has 0 atom stereocenters. The molecule has 3 aromatic rings. The molecule has 0 fully saturated rings. The first-order valence-corrected chi connectivity index (χ1v) is 11.0. The fourth-order valence-electron chi connectivity index (χ4n) is 2.82. The van der Waals surface area contributed by atoms with Gasteiger partial charge in [-0.05, 0) is 26.0 Å². The van der Waals surface area contributed by atoms with Crippen LogP contribution in [0.25, 0.3) is 11.5 Å². The standard InChI is InChI=1S/C17H18N4O5S2/c1-10(2)28(23,24)21-6-5-11-15(9-21)27-17(18-11)19-16(22)12-8-14(26-20-12)13-4-3-7-25-13/h3-4,7-8,10H,5-6,9H2,1-2H3,(H,18,19,22). The van der Waals surface area contributed by atoms with Crippen molar-refractivity contribution in [3.63, 3.8) is 0 Å². The number of anilines is 1. The van der Waals surface area contributed by atoms with Gasteiger partial charge in [-0.25, -0.2) is 13.4 Å². The van der Waals surface area contributed by atoms with Crippen LogP contribution in [-0.2, 0) is 23.0 Å². The smallest absolute Gasteiger partial charge is 0.279 e. The normalized spacial score (nSPS) is 15.0. The topological polar surface area (TPSA) is 119 Å². The maximum absolute atomic E-state index is 12.4. The number of nitrogens with one attached hydrogen (secondary N) is 1. The molecule has 0 aromatic carbocycles. The number of sulfonamides is 1. The molecule has 9 nitrogen and oxygen atoms in total. The number of thiazole rings is 1. The van der Waals surface area contributed by atoms with Gasteiger partial charge in [0.1, 0.15) is 0 Å². The van der Waals surface area contributed by atoms with E-state index in [9.17, 15) is 13.2 Å². The quantitative estimate of drug-likeness (QED) is 0.671. The summed E-state index contributed by atoms with van der Waals surface area (Å²) < 4.78 is 36.6. The van der Waals surface area contributed by atoms with E-state index in [-0.39, 0.29) is 12.2 Å². The lowest BCUT2D eigenvalue weighted by Crippen LogP contribution is -2.39. The van der Waals surface area contributed by atoms with Crippen molar-refractivity contribution in [2.75, 3.05) is 11.9 Å². The first kappa shape index (κ1) is 18.8. The minimum Gasteiger partial charge on any atom is -0.461 e. The Hall–Kier alpha value is -2.50. The van der Waals surface area contributed by atoms with Gasteiger partial charge < -0.3 is 8.94 Å². The second-order valence-corrected chi connectivity index (χ2v) is 10.1. The summed E-state index contributed by atoms with van der Waals surface area (Å²) >= 11 is 1.27. The first-order valence-electron chi connectivity index (χ1n) is 8.64. The molecule has 1 N–H and O–H groups in total. The Kier molecular flexibility index (Phi) is 4.81. The van der Waals surface area contributed by atoms with E-state index in [1.807, 2.05) is 0 Å². The van der Waals surface area contributed by atoms with Crippen molar-refractivity contribution in [3.05, 3.63) is 40.7 Å². The average Bonchev–Trinajstić information content (AvgIpc) is 3.39. The molecule has 4 heterocycles. The Labute approximate surface area is 165 Å². The van der Waals surface area contributed by atoms with Crippen LogP contribution in [0.2, 0.25) is 0 Å². The summed E-state index contributed by atoms with van der Waals surface area (Å²) in [5.74, 6) is 0.366. The summed E-state index contributed by atoms with van der Waals surface area (Å²) in [6.07, 6.45) is 2.01. The van der Waals surface area contributed by atoms with Crippen LogP contribution in [0.15, 0.2) is 33.4 Å². The Morgan fingerprint density at radius 1 is 1.36 bits per heavy atom. The third-order valence-electron chi connectivity index (χ3n) is 4.38. The van der Waals surface area contributed by atoms with Gasteiger partial charge in [-0.15, -0.1) is 11.3 Å². The molecule has 0 saturated heterocycles. The third kappa shape index (κ3) is 3.48. The second-order valence-electron chi connectivity index (χ2n) is 6.57. The molecule has 148 valence electrons. The van der Waals surface area contributed by atoms with Crippen molar-refractivity contribution in [2.24, 2.45) is 0 Å². The number of nitrogens with zero attached hydrogens (tertiary/aromatic N) is 3. The van der Waals surface area contributed by atoms with Gasteiger partial charge in [0, 0.05) is 30.5 Å². The molecule has 1 aliphatic rings. The van der Waals surface area contributed by atoms with Gasteiger partial charge in [0.05, 0.1) is 17.2 Å². The fraction of sp³-hybridized carbons (Fsp3) is 0.353. The molecular weight excluding hydrogens is 404 g/mol. The number of hydrogen-bond acceptors (Lipinski definition) is 8. The number of carbonyl (C=O) groups excluding carboxylic acids is 1. The molecule has 28 heavy (non-hydrogen) atoms. The molecule has 1 aliphatic heterocycles. The monoisotopic (exact) mass is 422 g/mol. The molecule has 1 amide bonds. The highest BCUT2D eigenvalue weighted by atomic mass is 32.2. The minimum absolute atomic E-state index is 0.101. The molecule has 0 unspecified atom stereocenters. The molecule has 0 saturated carbocycles. The highest BCUT2D eigenvalue weighted by Gasteiger charge is 2.31. The highest BCUT2D eigenvalue weighted by molar-refractivity contribution is 7.89. The van der Waals surface area contributed by atoms with Crippen LogP contribution in [0.5, 0.6) is 0 Å². The van der Waals surface area contributed by atoms with E-state index in [4.69, 9.17) is 8.94 Å².